The minimum atomic E-state index is -3.17. The van der Waals surface area contributed by atoms with Crippen LogP contribution in [0.25, 0.3) is 39.3 Å². The van der Waals surface area contributed by atoms with Gasteiger partial charge in [-0.05, 0) is 42.5 Å². The van der Waals surface area contributed by atoms with Crippen LogP contribution in [0.4, 0.5) is 17.5 Å². The van der Waals surface area contributed by atoms with E-state index in [-0.39, 0.29) is 0 Å². The monoisotopic (exact) mass is 566 g/mol. The molecule has 7 rings (SSSR count). The van der Waals surface area contributed by atoms with Gasteiger partial charge in [0.15, 0.2) is 0 Å². The molecule has 1 fully saturated rings. The number of rotatable bonds is 6. The van der Waals surface area contributed by atoms with Crippen molar-refractivity contribution in [3.05, 3.63) is 85.5 Å². The van der Waals surface area contributed by atoms with Gasteiger partial charge in [0.25, 0.3) is 0 Å². The van der Waals surface area contributed by atoms with Crippen LogP contribution in [-0.4, -0.2) is 69.5 Å². The van der Waals surface area contributed by atoms with Gasteiger partial charge in [-0.2, -0.15) is 4.31 Å². The summed E-state index contributed by atoms with van der Waals surface area (Å²) < 4.78 is 33.1. The number of piperazine rings is 1. The van der Waals surface area contributed by atoms with Gasteiger partial charge in [-0.1, -0.05) is 18.2 Å². The summed E-state index contributed by atoms with van der Waals surface area (Å²) >= 11 is 0. The summed E-state index contributed by atoms with van der Waals surface area (Å²) in [6, 6.07) is 19.6. The molecule has 0 atom stereocenters. The van der Waals surface area contributed by atoms with Gasteiger partial charge in [-0.15, -0.1) is 0 Å². The molecule has 1 N–H and O–H groups in total. The van der Waals surface area contributed by atoms with Gasteiger partial charge in [-0.3, -0.25) is 4.40 Å². The molecule has 206 valence electrons. The van der Waals surface area contributed by atoms with Crippen molar-refractivity contribution in [3.63, 3.8) is 0 Å². The first-order chi connectivity index (χ1) is 19.9. The first kappa shape index (κ1) is 25.2. The van der Waals surface area contributed by atoms with E-state index in [1.807, 2.05) is 71.3 Å². The zero-order valence-electron chi connectivity index (χ0n) is 22.2. The third-order valence-electron chi connectivity index (χ3n) is 7.17. The molecule has 0 spiro atoms. The van der Waals surface area contributed by atoms with E-state index in [2.05, 4.69) is 25.2 Å². The molecule has 1 saturated heterocycles. The third-order valence-corrected chi connectivity index (χ3v) is 8.47. The molecule has 0 aliphatic carbocycles. The fourth-order valence-corrected chi connectivity index (χ4v) is 5.85. The summed E-state index contributed by atoms with van der Waals surface area (Å²) in [6.07, 6.45) is 8.47. The van der Waals surface area contributed by atoms with Gasteiger partial charge in [0.05, 0.1) is 35.7 Å². The first-order valence-electron chi connectivity index (χ1n) is 13.1. The number of sulfonamides is 1. The molecule has 0 unspecified atom stereocenters. The Morgan fingerprint density at radius 1 is 0.902 bits per heavy atom. The Hall–Kier alpha value is -4.81. The summed E-state index contributed by atoms with van der Waals surface area (Å²) in [5, 5.41) is 4.28. The molecular weight excluding hydrogens is 540 g/mol. The minimum Gasteiger partial charge on any atom is -0.456 e. The van der Waals surface area contributed by atoms with E-state index >= 15 is 0 Å². The molecule has 41 heavy (non-hydrogen) atoms. The van der Waals surface area contributed by atoms with Crippen molar-refractivity contribution in [2.24, 2.45) is 0 Å². The van der Waals surface area contributed by atoms with Crippen LogP contribution in [0.5, 0.6) is 0 Å². The molecule has 0 saturated carbocycles. The average Bonchev–Trinajstić information content (AvgIpc) is 3.62. The predicted molar refractivity (Wildman–Crippen MR) is 158 cm³/mol. The second-order valence-corrected chi connectivity index (χ2v) is 11.9. The first-order valence-corrected chi connectivity index (χ1v) is 15.0. The maximum absolute atomic E-state index is 11.8. The minimum absolute atomic E-state index is 0.433. The van der Waals surface area contributed by atoms with Crippen LogP contribution >= 0.6 is 0 Å². The largest absolute Gasteiger partial charge is 0.456 e. The van der Waals surface area contributed by atoms with E-state index in [1.54, 1.807) is 18.6 Å². The van der Waals surface area contributed by atoms with Crippen molar-refractivity contribution >= 4 is 44.1 Å². The van der Waals surface area contributed by atoms with Crippen molar-refractivity contribution in [1.29, 1.82) is 0 Å². The highest BCUT2D eigenvalue weighted by Gasteiger charge is 2.24. The lowest BCUT2D eigenvalue weighted by Gasteiger charge is -2.33. The van der Waals surface area contributed by atoms with E-state index in [0.717, 1.165) is 45.1 Å². The van der Waals surface area contributed by atoms with Crippen LogP contribution in [0.2, 0.25) is 0 Å². The van der Waals surface area contributed by atoms with Crippen molar-refractivity contribution in [2.45, 2.75) is 0 Å². The second kappa shape index (κ2) is 9.98. The number of pyridine rings is 2. The Morgan fingerprint density at radius 3 is 2.54 bits per heavy atom. The zero-order chi connectivity index (χ0) is 28.0. The lowest BCUT2D eigenvalue weighted by atomic mass is 10.2. The summed E-state index contributed by atoms with van der Waals surface area (Å²) in [7, 11) is -3.17. The Morgan fingerprint density at radius 2 is 1.76 bits per heavy atom. The molecule has 0 amide bonds. The second-order valence-electron chi connectivity index (χ2n) is 9.88. The van der Waals surface area contributed by atoms with Crippen LogP contribution in [-0.2, 0) is 10.0 Å². The van der Waals surface area contributed by atoms with Crippen LogP contribution in [0.3, 0.4) is 0 Å². The maximum atomic E-state index is 11.8. The predicted octanol–water partition coefficient (Wildman–Crippen LogP) is 4.42. The van der Waals surface area contributed by atoms with Crippen molar-refractivity contribution < 1.29 is 12.8 Å². The molecule has 6 heterocycles. The van der Waals surface area contributed by atoms with Crippen LogP contribution in [0.15, 0.2) is 89.9 Å². The maximum Gasteiger partial charge on any atom is 0.227 e. The number of para-hydroxylation sites is 1. The molecule has 1 aliphatic heterocycles. The highest BCUT2D eigenvalue weighted by atomic mass is 32.2. The van der Waals surface area contributed by atoms with Crippen LogP contribution in [0, 0.1) is 0 Å². The summed E-state index contributed by atoms with van der Waals surface area (Å²) in [5.74, 6) is 2.01. The molecule has 5 aromatic heterocycles. The lowest BCUT2D eigenvalue weighted by molar-refractivity contribution is 0.387. The van der Waals surface area contributed by atoms with Gasteiger partial charge >= 0.3 is 0 Å². The van der Waals surface area contributed by atoms with Crippen molar-refractivity contribution in [1.82, 2.24) is 28.6 Å². The highest BCUT2D eigenvalue weighted by Crippen LogP contribution is 2.29. The number of furan rings is 1. The summed E-state index contributed by atoms with van der Waals surface area (Å²) in [4.78, 5) is 20.3. The number of anilines is 3. The number of benzene rings is 1. The van der Waals surface area contributed by atoms with Gasteiger partial charge in [0, 0.05) is 49.5 Å². The smallest absolute Gasteiger partial charge is 0.227 e. The van der Waals surface area contributed by atoms with Crippen LogP contribution < -0.4 is 10.2 Å². The van der Waals surface area contributed by atoms with E-state index in [0.29, 0.717) is 37.8 Å². The van der Waals surface area contributed by atoms with E-state index in [9.17, 15) is 8.42 Å². The molecule has 0 bridgehead atoms. The quantitative estimate of drug-likeness (QED) is 0.312. The Kier molecular flexibility index (Phi) is 6.13. The van der Waals surface area contributed by atoms with E-state index < -0.39 is 10.0 Å². The van der Waals surface area contributed by atoms with Gasteiger partial charge in [0.2, 0.25) is 16.0 Å². The molecule has 1 aliphatic rings. The Balaban J connectivity index is 1.10. The van der Waals surface area contributed by atoms with Gasteiger partial charge in [0.1, 0.15) is 22.8 Å². The molecular formula is C29H26N8O3S. The molecule has 0 radical (unpaired) electrons. The van der Waals surface area contributed by atoms with Crippen LogP contribution in [0.1, 0.15) is 0 Å². The highest BCUT2D eigenvalue weighted by molar-refractivity contribution is 7.88. The van der Waals surface area contributed by atoms with Gasteiger partial charge in [-0.25, -0.2) is 28.4 Å². The fraction of sp³-hybridized carbons (Fsp3) is 0.172. The number of hydrogen-bond acceptors (Lipinski definition) is 9. The lowest BCUT2D eigenvalue weighted by Crippen LogP contribution is -2.48. The average molecular weight is 567 g/mol. The Labute approximate surface area is 236 Å². The number of aromatic nitrogens is 5. The standard InChI is InChI=1S/C29H26N8O3S/c1-41(38,39)36-14-12-35(13-15-36)27-9-7-22(17-31-27)33-29-30-11-10-23(34-29)24-18-32-28-8-6-21(19-37(24)28)26-16-20-4-2-3-5-25(20)40-26/h2-11,16-19H,12-15H2,1H3,(H,30,33,34). The summed E-state index contributed by atoms with van der Waals surface area (Å²) in [6.45, 7) is 2.08. The normalized spacial score (nSPS) is 14.6. The summed E-state index contributed by atoms with van der Waals surface area (Å²) in [5.41, 5.74) is 4.85. The van der Waals surface area contributed by atoms with Crippen molar-refractivity contribution in [3.8, 4) is 22.7 Å². The molecule has 1 aromatic carbocycles. The third kappa shape index (κ3) is 4.98. The number of fused-ring (bicyclic) bond motifs is 2. The topological polar surface area (TPSA) is 122 Å². The number of hydrogen-bond donors (Lipinski definition) is 1. The number of imidazole rings is 1. The zero-order valence-corrected chi connectivity index (χ0v) is 23.0. The molecule has 6 aromatic rings. The van der Waals surface area contributed by atoms with Gasteiger partial charge < -0.3 is 14.6 Å². The van der Waals surface area contributed by atoms with E-state index in [1.165, 1.54) is 10.6 Å². The SMILES string of the molecule is CS(=O)(=O)N1CCN(c2ccc(Nc3nccc(-c4cnc5ccc(-c6cc7ccccc7o6)cn45)n3)cn2)CC1. The number of nitrogens with zero attached hydrogens (tertiary/aromatic N) is 7. The fourth-order valence-electron chi connectivity index (χ4n) is 5.03. The molecule has 12 heteroatoms. The Bertz CT molecular complexity index is 1940. The van der Waals surface area contributed by atoms with E-state index in [4.69, 9.17) is 9.40 Å². The van der Waals surface area contributed by atoms with Crippen molar-refractivity contribution in [2.75, 3.05) is 42.7 Å². The molecule has 11 nitrogen and oxygen atoms in total. The number of nitrogens with one attached hydrogen (secondary N) is 1.